The molecule has 0 bridgehead atoms. The smallest absolute Gasteiger partial charge is 0.239 e. The molecule has 0 unspecified atom stereocenters. The number of carbonyl (C=O) groups excluding carboxylic acids is 2. The van der Waals surface area contributed by atoms with Gasteiger partial charge in [0.25, 0.3) is 0 Å². The Morgan fingerprint density at radius 2 is 2.25 bits per heavy atom. The fourth-order valence-electron chi connectivity index (χ4n) is 1.44. The van der Waals surface area contributed by atoms with Crippen molar-refractivity contribution >= 4 is 28.3 Å². The van der Waals surface area contributed by atoms with Crippen LogP contribution in [0.1, 0.15) is 12.7 Å². The third-order valence-electron chi connectivity index (χ3n) is 2.36. The van der Waals surface area contributed by atoms with E-state index in [1.807, 2.05) is 0 Å². The number of hydrogen-bond donors (Lipinski definition) is 3. The summed E-state index contributed by atoms with van der Waals surface area (Å²) < 4.78 is 5.56. The van der Waals surface area contributed by atoms with Crippen molar-refractivity contribution in [3.8, 4) is 11.5 Å². The number of thiazole rings is 1. The maximum atomic E-state index is 11.1. The van der Waals surface area contributed by atoms with Gasteiger partial charge in [0, 0.05) is 12.3 Å². The molecule has 0 saturated carbocycles. The summed E-state index contributed by atoms with van der Waals surface area (Å²) >= 11 is 1.29. The predicted molar refractivity (Wildman–Crippen MR) is 75.0 cm³/mol. The van der Waals surface area contributed by atoms with Gasteiger partial charge < -0.3 is 20.8 Å². The van der Waals surface area contributed by atoms with E-state index in [4.69, 9.17) is 10.2 Å². The number of hydrogen-bond acceptors (Lipinski definition) is 6. The molecule has 0 spiro atoms. The number of furan rings is 1. The summed E-state index contributed by atoms with van der Waals surface area (Å²) in [4.78, 5) is 26.2. The van der Waals surface area contributed by atoms with Gasteiger partial charge in [-0.2, -0.15) is 0 Å². The molecular formula is C12H14N4O3S. The third-order valence-corrected chi connectivity index (χ3v) is 3.12. The molecule has 2 amide bonds. The Bertz CT molecular complexity index is 620. The number of anilines is 1. The molecule has 0 saturated heterocycles. The average molecular weight is 294 g/mol. The molecule has 2 aromatic rings. The van der Waals surface area contributed by atoms with Gasteiger partial charge in [0.1, 0.15) is 11.5 Å². The summed E-state index contributed by atoms with van der Waals surface area (Å²) in [7, 11) is 0. The van der Waals surface area contributed by atoms with E-state index < -0.39 is 0 Å². The van der Waals surface area contributed by atoms with Crippen LogP contribution in [0.2, 0.25) is 0 Å². The lowest BCUT2D eigenvalue weighted by Crippen LogP contribution is -2.21. The van der Waals surface area contributed by atoms with Crippen LogP contribution >= 0.6 is 11.3 Å². The predicted octanol–water partition coefficient (Wildman–Crippen LogP) is 0.936. The first-order valence-corrected chi connectivity index (χ1v) is 6.75. The second-order valence-electron chi connectivity index (χ2n) is 3.97. The largest absolute Gasteiger partial charge is 0.458 e. The number of nitrogens with one attached hydrogen (secondary N) is 2. The highest BCUT2D eigenvalue weighted by Crippen LogP contribution is 2.26. The molecule has 0 atom stereocenters. The first kappa shape index (κ1) is 14.2. The Balaban J connectivity index is 2.04. The van der Waals surface area contributed by atoms with Gasteiger partial charge in [0.05, 0.1) is 13.1 Å². The SMILES string of the molecule is CC(=O)NCc1ccc(-c2csc(NC(=O)CN)n2)o1. The first-order chi connectivity index (χ1) is 9.58. The van der Waals surface area contributed by atoms with Crippen molar-refractivity contribution in [1.29, 1.82) is 0 Å². The van der Waals surface area contributed by atoms with E-state index in [2.05, 4.69) is 15.6 Å². The number of nitrogens with zero attached hydrogens (tertiary/aromatic N) is 1. The van der Waals surface area contributed by atoms with Crippen LogP contribution in [0.15, 0.2) is 21.9 Å². The monoisotopic (exact) mass is 294 g/mol. The molecule has 106 valence electrons. The second-order valence-corrected chi connectivity index (χ2v) is 4.82. The molecule has 2 heterocycles. The molecule has 0 aromatic carbocycles. The maximum Gasteiger partial charge on any atom is 0.239 e. The van der Waals surface area contributed by atoms with Crippen LogP contribution < -0.4 is 16.4 Å². The van der Waals surface area contributed by atoms with E-state index in [9.17, 15) is 9.59 Å². The van der Waals surface area contributed by atoms with Crippen LogP contribution in [0.3, 0.4) is 0 Å². The van der Waals surface area contributed by atoms with Gasteiger partial charge >= 0.3 is 0 Å². The molecule has 4 N–H and O–H groups in total. The first-order valence-electron chi connectivity index (χ1n) is 5.87. The summed E-state index contributed by atoms with van der Waals surface area (Å²) in [6.45, 7) is 1.68. The van der Waals surface area contributed by atoms with Crippen LogP contribution in [-0.2, 0) is 16.1 Å². The zero-order valence-corrected chi connectivity index (χ0v) is 11.6. The Labute approximate surface area is 119 Å². The van der Waals surface area contributed by atoms with Crippen molar-refractivity contribution in [2.24, 2.45) is 5.73 Å². The summed E-state index contributed by atoms with van der Waals surface area (Å²) in [5.41, 5.74) is 5.83. The molecule has 0 aliphatic rings. The highest BCUT2D eigenvalue weighted by molar-refractivity contribution is 7.14. The fraction of sp³-hybridized carbons (Fsp3) is 0.250. The Hall–Kier alpha value is -2.19. The van der Waals surface area contributed by atoms with Crippen LogP contribution in [0.5, 0.6) is 0 Å². The number of aromatic nitrogens is 1. The number of amides is 2. The summed E-state index contributed by atoms with van der Waals surface area (Å²) in [5, 5.41) is 7.46. The zero-order chi connectivity index (χ0) is 14.5. The Morgan fingerprint density at radius 3 is 2.95 bits per heavy atom. The lowest BCUT2D eigenvalue weighted by atomic mass is 10.3. The highest BCUT2D eigenvalue weighted by atomic mass is 32.1. The van der Waals surface area contributed by atoms with Gasteiger partial charge in [0.15, 0.2) is 10.9 Å². The zero-order valence-electron chi connectivity index (χ0n) is 10.8. The average Bonchev–Trinajstić information content (AvgIpc) is 3.04. The van der Waals surface area contributed by atoms with E-state index >= 15 is 0 Å². The van der Waals surface area contributed by atoms with Gasteiger partial charge in [-0.1, -0.05) is 0 Å². The molecule has 0 radical (unpaired) electrons. The van der Waals surface area contributed by atoms with Crippen LogP contribution in [-0.4, -0.2) is 23.3 Å². The van der Waals surface area contributed by atoms with Crippen molar-refractivity contribution in [2.75, 3.05) is 11.9 Å². The molecular weight excluding hydrogens is 280 g/mol. The maximum absolute atomic E-state index is 11.1. The van der Waals surface area contributed by atoms with E-state index in [1.54, 1.807) is 17.5 Å². The topological polar surface area (TPSA) is 110 Å². The standard InChI is InChI=1S/C12H14N4O3S/c1-7(17)14-5-8-2-3-10(19-8)9-6-20-12(15-9)16-11(18)4-13/h2-3,6H,4-5,13H2,1H3,(H,14,17)(H,15,16,18). The van der Waals surface area contributed by atoms with Gasteiger partial charge in [0.2, 0.25) is 11.8 Å². The van der Waals surface area contributed by atoms with Crippen LogP contribution in [0, 0.1) is 0 Å². The van der Waals surface area contributed by atoms with Gasteiger partial charge in [-0.25, -0.2) is 4.98 Å². The molecule has 0 fully saturated rings. The van der Waals surface area contributed by atoms with Crippen molar-refractivity contribution in [2.45, 2.75) is 13.5 Å². The summed E-state index contributed by atoms with van der Waals surface area (Å²) in [6.07, 6.45) is 0. The molecule has 0 aliphatic carbocycles. The normalized spacial score (nSPS) is 10.3. The number of rotatable bonds is 5. The lowest BCUT2D eigenvalue weighted by molar-refractivity contribution is -0.119. The quantitative estimate of drug-likeness (QED) is 0.760. The molecule has 2 aromatic heterocycles. The molecule has 7 nitrogen and oxygen atoms in total. The minimum absolute atomic E-state index is 0.0868. The highest BCUT2D eigenvalue weighted by Gasteiger charge is 2.10. The van der Waals surface area contributed by atoms with Crippen LogP contribution in [0.25, 0.3) is 11.5 Å². The van der Waals surface area contributed by atoms with Crippen molar-refractivity contribution in [3.63, 3.8) is 0 Å². The van der Waals surface area contributed by atoms with E-state index in [0.29, 0.717) is 28.9 Å². The summed E-state index contributed by atoms with van der Waals surface area (Å²) in [5.74, 6) is 0.797. The van der Waals surface area contributed by atoms with Gasteiger partial charge in [-0.3, -0.25) is 9.59 Å². The second kappa shape index (κ2) is 6.31. The van der Waals surface area contributed by atoms with Crippen molar-refractivity contribution in [3.05, 3.63) is 23.3 Å². The minimum atomic E-state index is -0.295. The van der Waals surface area contributed by atoms with E-state index in [0.717, 1.165) is 0 Å². The molecule has 20 heavy (non-hydrogen) atoms. The number of nitrogens with two attached hydrogens (primary N) is 1. The molecule has 0 aliphatic heterocycles. The Morgan fingerprint density at radius 1 is 1.45 bits per heavy atom. The van der Waals surface area contributed by atoms with E-state index in [1.165, 1.54) is 18.3 Å². The fourth-order valence-corrected chi connectivity index (χ4v) is 2.15. The Kier molecular flexibility index (Phi) is 4.49. The molecule has 2 rings (SSSR count). The van der Waals surface area contributed by atoms with Crippen molar-refractivity contribution in [1.82, 2.24) is 10.3 Å². The van der Waals surface area contributed by atoms with Crippen molar-refractivity contribution < 1.29 is 14.0 Å². The molecule has 8 heteroatoms. The van der Waals surface area contributed by atoms with Crippen LogP contribution in [0.4, 0.5) is 5.13 Å². The van der Waals surface area contributed by atoms with Gasteiger partial charge in [-0.15, -0.1) is 11.3 Å². The summed E-state index contributed by atoms with van der Waals surface area (Å²) in [6, 6.07) is 3.53. The number of carbonyl (C=O) groups is 2. The lowest BCUT2D eigenvalue weighted by Gasteiger charge is -1.97. The third kappa shape index (κ3) is 3.65. The van der Waals surface area contributed by atoms with E-state index in [-0.39, 0.29) is 18.4 Å². The van der Waals surface area contributed by atoms with Gasteiger partial charge in [-0.05, 0) is 12.1 Å². The minimum Gasteiger partial charge on any atom is -0.458 e.